The van der Waals surface area contributed by atoms with Gasteiger partial charge in [0, 0.05) is 31.1 Å². The number of benzene rings is 1. The van der Waals surface area contributed by atoms with Crippen LogP contribution in [-0.2, 0) is 11.5 Å². The second kappa shape index (κ2) is 7.62. The maximum absolute atomic E-state index is 12.2. The molecule has 1 amide bonds. The molecule has 1 N–H and O–H groups in total. The zero-order valence-corrected chi connectivity index (χ0v) is 14.6. The summed E-state index contributed by atoms with van der Waals surface area (Å²) in [5, 5.41) is 12.8. The lowest BCUT2D eigenvalue weighted by atomic mass is 9.96. The lowest BCUT2D eigenvalue weighted by Crippen LogP contribution is -2.43. The predicted octanol–water partition coefficient (Wildman–Crippen LogP) is 1.85. The number of nitro benzene ring substituents is 1. The number of oxazole rings is 1. The van der Waals surface area contributed by atoms with Crippen molar-refractivity contribution in [3.05, 3.63) is 38.9 Å². The number of carbonyl (C=O) groups is 1. The molecule has 2 heterocycles. The highest BCUT2D eigenvalue weighted by molar-refractivity contribution is 5.78. The van der Waals surface area contributed by atoms with Gasteiger partial charge in [0.25, 0.3) is 5.69 Å². The first-order valence-corrected chi connectivity index (χ1v) is 8.48. The summed E-state index contributed by atoms with van der Waals surface area (Å²) in [4.78, 5) is 36.1. The van der Waals surface area contributed by atoms with E-state index in [4.69, 9.17) is 4.42 Å². The molecular weight excluding hydrogens is 385 g/mol. The van der Waals surface area contributed by atoms with Crippen molar-refractivity contribution < 1.29 is 27.3 Å². The molecule has 0 radical (unpaired) electrons. The lowest BCUT2D eigenvalue weighted by molar-refractivity contribution is -0.384. The molecule has 12 heteroatoms. The summed E-state index contributed by atoms with van der Waals surface area (Å²) in [7, 11) is 0. The van der Waals surface area contributed by atoms with E-state index in [0.29, 0.717) is 25.9 Å². The Balaban J connectivity index is 1.64. The molecule has 0 bridgehead atoms. The Morgan fingerprint density at radius 1 is 1.32 bits per heavy atom. The first-order chi connectivity index (χ1) is 13.1. The van der Waals surface area contributed by atoms with E-state index in [1.54, 1.807) is 0 Å². The van der Waals surface area contributed by atoms with Gasteiger partial charge in [-0.1, -0.05) is 0 Å². The van der Waals surface area contributed by atoms with E-state index in [2.05, 4.69) is 0 Å². The lowest BCUT2D eigenvalue weighted by Gasteiger charge is -2.31. The van der Waals surface area contributed by atoms with Crippen LogP contribution in [0.15, 0.2) is 27.4 Å². The number of likely N-dealkylation sites (tertiary alicyclic amines) is 1. The number of carbonyl (C=O) groups excluding carboxylic acids is 1. The third-order valence-corrected chi connectivity index (χ3v) is 4.62. The Bertz CT molecular complexity index is 944. The minimum Gasteiger partial charge on any atom is -0.408 e. The molecule has 0 saturated carbocycles. The van der Waals surface area contributed by atoms with Gasteiger partial charge in [0.15, 0.2) is 5.58 Å². The molecule has 0 aliphatic carbocycles. The van der Waals surface area contributed by atoms with Gasteiger partial charge in [0.2, 0.25) is 5.91 Å². The van der Waals surface area contributed by atoms with Crippen LogP contribution in [0, 0.1) is 16.0 Å². The van der Waals surface area contributed by atoms with Crippen LogP contribution in [0.25, 0.3) is 11.1 Å². The number of nitro groups is 1. The Labute approximate surface area is 155 Å². The van der Waals surface area contributed by atoms with Crippen LogP contribution in [0.1, 0.15) is 12.8 Å². The maximum Gasteiger partial charge on any atom is 0.421 e. The second-order valence-electron chi connectivity index (χ2n) is 6.57. The summed E-state index contributed by atoms with van der Waals surface area (Å²) in [6.45, 7) is -0.485. The molecule has 1 aliphatic heterocycles. The van der Waals surface area contributed by atoms with Gasteiger partial charge in [-0.3, -0.25) is 24.4 Å². The zero-order chi connectivity index (χ0) is 20.5. The van der Waals surface area contributed by atoms with Crippen molar-refractivity contribution in [2.45, 2.75) is 25.7 Å². The second-order valence-corrected chi connectivity index (χ2v) is 6.57. The number of alkyl halides is 3. The largest absolute Gasteiger partial charge is 0.421 e. The summed E-state index contributed by atoms with van der Waals surface area (Å²) >= 11 is 0. The highest BCUT2D eigenvalue weighted by atomic mass is 19.4. The van der Waals surface area contributed by atoms with E-state index in [9.17, 15) is 32.9 Å². The van der Waals surface area contributed by atoms with Crippen molar-refractivity contribution >= 4 is 22.7 Å². The normalized spacial score (nSPS) is 16.4. The smallest absolute Gasteiger partial charge is 0.408 e. The third-order valence-electron chi connectivity index (χ3n) is 4.62. The fraction of sp³-hybridized carbons (Fsp3) is 0.500. The van der Waals surface area contributed by atoms with Gasteiger partial charge in [0.1, 0.15) is 6.54 Å². The van der Waals surface area contributed by atoms with E-state index in [1.165, 1.54) is 22.8 Å². The fourth-order valence-corrected chi connectivity index (χ4v) is 3.17. The number of nitrogens with zero attached hydrogens (tertiary/aromatic N) is 3. The van der Waals surface area contributed by atoms with Crippen LogP contribution in [0.2, 0.25) is 0 Å². The summed E-state index contributed by atoms with van der Waals surface area (Å²) in [6, 6.07) is 3.83. The summed E-state index contributed by atoms with van der Waals surface area (Å²) < 4.78 is 42.9. The van der Waals surface area contributed by atoms with Crippen LogP contribution >= 0.6 is 0 Å². The third kappa shape index (κ3) is 4.50. The SMILES string of the molecule is O=C(NCC(F)(F)F)C1CCN(Cn2c(=O)oc3ccc([N+](=O)[O-])cc32)CC1. The number of hydrogen-bond donors (Lipinski definition) is 1. The van der Waals surface area contributed by atoms with Crippen LogP contribution in [0.3, 0.4) is 0 Å². The van der Waals surface area contributed by atoms with Crippen molar-refractivity contribution in [1.29, 1.82) is 0 Å². The van der Waals surface area contributed by atoms with Crippen molar-refractivity contribution in [2.75, 3.05) is 19.6 Å². The highest BCUT2D eigenvalue weighted by Gasteiger charge is 2.31. The van der Waals surface area contributed by atoms with Gasteiger partial charge in [-0.15, -0.1) is 0 Å². The van der Waals surface area contributed by atoms with Crippen molar-refractivity contribution in [1.82, 2.24) is 14.8 Å². The van der Waals surface area contributed by atoms with Gasteiger partial charge in [0.05, 0.1) is 17.1 Å². The van der Waals surface area contributed by atoms with Gasteiger partial charge >= 0.3 is 11.9 Å². The number of halogens is 3. The van der Waals surface area contributed by atoms with E-state index in [0.717, 1.165) is 0 Å². The number of rotatable bonds is 5. The Hall–Kier alpha value is -2.89. The van der Waals surface area contributed by atoms with Crippen molar-refractivity contribution in [2.24, 2.45) is 5.92 Å². The van der Waals surface area contributed by atoms with Crippen molar-refractivity contribution in [3.63, 3.8) is 0 Å². The van der Waals surface area contributed by atoms with Gasteiger partial charge in [-0.2, -0.15) is 13.2 Å². The highest BCUT2D eigenvalue weighted by Crippen LogP contribution is 2.22. The van der Waals surface area contributed by atoms with E-state index >= 15 is 0 Å². The molecule has 0 spiro atoms. The molecule has 9 nitrogen and oxygen atoms in total. The Morgan fingerprint density at radius 2 is 2.00 bits per heavy atom. The van der Waals surface area contributed by atoms with Crippen molar-refractivity contribution in [3.8, 4) is 0 Å². The molecule has 0 atom stereocenters. The molecule has 1 aromatic carbocycles. The molecule has 28 heavy (non-hydrogen) atoms. The molecule has 3 rings (SSSR count). The minimum absolute atomic E-state index is 0.101. The number of amides is 1. The van der Waals surface area contributed by atoms with Crippen LogP contribution in [-0.4, -0.2) is 46.1 Å². The standard InChI is InChI=1S/C16H17F3N4O5/c17-16(18,19)8-20-14(24)10-3-5-21(6-4-10)9-22-12-7-11(23(26)27)1-2-13(12)28-15(22)25/h1-2,7,10H,3-6,8-9H2,(H,20,24). The Morgan fingerprint density at radius 3 is 2.61 bits per heavy atom. The average Bonchev–Trinajstić information content (AvgIpc) is 2.94. The molecule has 0 unspecified atom stereocenters. The topological polar surface area (TPSA) is 111 Å². The molecule has 1 fully saturated rings. The van der Waals surface area contributed by atoms with E-state index in [1.807, 2.05) is 10.2 Å². The molecule has 1 aromatic heterocycles. The molecule has 2 aromatic rings. The summed E-state index contributed by atoms with van der Waals surface area (Å²) in [5.74, 6) is -1.84. The number of non-ortho nitro benzene ring substituents is 1. The molecule has 1 saturated heterocycles. The average molecular weight is 402 g/mol. The number of nitrogens with one attached hydrogen (secondary N) is 1. The van der Waals surface area contributed by atoms with Gasteiger partial charge in [-0.25, -0.2) is 4.79 Å². The minimum atomic E-state index is -4.46. The quantitative estimate of drug-likeness (QED) is 0.604. The predicted molar refractivity (Wildman–Crippen MR) is 90.5 cm³/mol. The number of hydrogen-bond acceptors (Lipinski definition) is 6. The molecule has 1 aliphatic rings. The first kappa shape index (κ1) is 19.9. The Kier molecular flexibility index (Phi) is 5.40. The van der Waals surface area contributed by atoms with Crippen LogP contribution in [0.4, 0.5) is 18.9 Å². The van der Waals surface area contributed by atoms with E-state index < -0.39 is 35.2 Å². The summed E-state index contributed by atoms with van der Waals surface area (Å²) in [6.07, 6.45) is -3.77. The number of fused-ring (bicyclic) bond motifs is 1. The summed E-state index contributed by atoms with van der Waals surface area (Å²) in [5.41, 5.74) is 0.323. The number of aromatic nitrogens is 1. The number of piperidine rings is 1. The zero-order valence-electron chi connectivity index (χ0n) is 14.6. The van der Waals surface area contributed by atoms with Gasteiger partial charge in [-0.05, 0) is 18.9 Å². The van der Waals surface area contributed by atoms with E-state index in [-0.39, 0.29) is 23.5 Å². The molecular formula is C16H17F3N4O5. The maximum atomic E-state index is 12.2. The van der Waals surface area contributed by atoms with Crippen LogP contribution < -0.4 is 11.1 Å². The first-order valence-electron chi connectivity index (χ1n) is 8.48. The monoisotopic (exact) mass is 402 g/mol. The van der Waals surface area contributed by atoms with Gasteiger partial charge < -0.3 is 9.73 Å². The molecule has 152 valence electrons. The van der Waals surface area contributed by atoms with Crippen LogP contribution in [0.5, 0.6) is 0 Å². The fourth-order valence-electron chi connectivity index (χ4n) is 3.17.